The largest absolute Gasteiger partial charge is 0.493 e. The van der Waals surface area contributed by atoms with Crippen LogP contribution in [0, 0.1) is 10.2 Å². The van der Waals surface area contributed by atoms with Crippen molar-refractivity contribution in [2.45, 2.75) is 6.54 Å². The van der Waals surface area contributed by atoms with Crippen LogP contribution in [0.25, 0.3) is 10.9 Å². The van der Waals surface area contributed by atoms with Crippen LogP contribution in [0.4, 0.5) is 0 Å². The molecule has 0 saturated carbocycles. The minimum absolute atomic E-state index is 0.0766. The van der Waals surface area contributed by atoms with Gasteiger partial charge in [-0.3, -0.25) is 5.41 Å². The highest BCUT2D eigenvalue weighted by Crippen LogP contribution is 2.29. The van der Waals surface area contributed by atoms with Crippen molar-refractivity contribution in [3.05, 3.63) is 22.4 Å². The van der Waals surface area contributed by atoms with E-state index in [0.29, 0.717) is 27.2 Å². The van der Waals surface area contributed by atoms with E-state index in [1.807, 2.05) is 0 Å². The van der Waals surface area contributed by atoms with Gasteiger partial charge in [0.2, 0.25) is 0 Å². The number of hydrogen-bond acceptors (Lipinski definition) is 5. The lowest BCUT2D eigenvalue weighted by molar-refractivity contribution is 0.272. The van der Waals surface area contributed by atoms with Crippen molar-refractivity contribution >= 4 is 23.1 Å². The number of nitrogens with zero attached hydrogens (tertiary/aromatic N) is 1. The smallest absolute Gasteiger partial charge is 0.179 e. The summed E-state index contributed by atoms with van der Waals surface area (Å²) in [4.78, 5) is 3.02. The Bertz CT molecular complexity index is 720. The Morgan fingerprint density at radius 3 is 2.53 bits per heavy atom. The number of H-pyrrole nitrogens is 1. The van der Waals surface area contributed by atoms with Crippen LogP contribution in [-0.4, -0.2) is 35.5 Å². The van der Waals surface area contributed by atoms with E-state index in [2.05, 4.69) is 4.98 Å². The molecule has 0 radical (unpaired) electrons. The quantitative estimate of drug-likeness (QED) is 0.735. The van der Waals surface area contributed by atoms with Gasteiger partial charge in [-0.15, -0.1) is 0 Å². The van der Waals surface area contributed by atoms with Crippen molar-refractivity contribution in [2.24, 2.45) is 0 Å². The van der Waals surface area contributed by atoms with E-state index in [1.165, 1.54) is 4.57 Å². The third-order valence-corrected chi connectivity index (χ3v) is 3.18. The van der Waals surface area contributed by atoms with Crippen LogP contribution in [0.2, 0.25) is 0 Å². The highest BCUT2D eigenvalue weighted by Gasteiger charge is 2.09. The molecule has 0 saturated heterocycles. The zero-order chi connectivity index (χ0) is 14.0. The summed E-state index contributed by atoms with van der Waals surface area (Å²) < 4.78 is 12.4. The van der Waals surface area contributed by atoms with Gasteiger partial charge in [0, 0.05) is 18.0 Å². The molecule has 102 valence electrons. The summed E-state index contributed by atoms with van der Waals surface area (Å²) in [5.41, 5.74) is 0.926. The topological polar surface area (TPSA) is 83.3 Å². The number of benzene rings is 1. The van der Waals surface area contributed by atoms with Crippen LogP contribution in [0.15, 0.2) is 12.1 Å². The van der Waals surface area contributed by atoms with E-state index in [1.54, 1.807) is 26.4 Å². The van der Waals surface area contributed by atoms with E-state index in [9.17, 15) is 0 Å². The van der Waals surface area contributed by atoms with Gasteiger partial charge in [-0.25, -0.2) is 0 Å². The minimum atomic E-state index is -0.0766. The predicted molar refractivity (Wildman–Crippen MR) is 73.2 cm³/mol. The van der Waals surface area contributed by atoms with Crippen LogP contribution in [0.1, 0.15) is 0 Å². The molecular weight excluding hydrogens is 266 g/mol. The van der Waals surface area contributed by atoms with Gasteiger partial charge in [0.25, 0.3) is 0 Å². The molecule has 0 unspecified atom stereocenters. The number of methoxy groups -OCH3 is 2. The maximum atomic E-state index is 9.01. The number of aliphatic hydroxyl groups is 1. The minimum Gasteiger partial charge on any atom is -0.493 e. The molecule has 19 heavy (non-hydrogen) atoms. The first kappa shape index (κ1) is 13.6. The number of aromatic amines is 1. The van der Waals surface area contributed by atoms with Crippen LogP contribution in [-0.2, 0) is 6.54 Å². The molecule has 0 aliphatic heterocycles. The molecule has 1 aromatic carbocycles. The Hall–Kier alpha value is -1.86. The molecule has 2 aromatic rings. The lowest BCUT2D eigenvalue weighted by Crippen LogP contribution is -2.24. The maximum Gasteiger partial charge on any atom is 0.179 e. The number of aromatic nitrogens is 2. The van der Waals surface area contributed by atoms with Gasteiger partial charge in [0.05, 0.1) is 26.3 Å². The molecule has 2 rings (SSSR count). The predicted octanol–water partition coefficient (Wildman–Crippen LogP) is 1.19. The summed E-state index contributed by atoms with van der Waals surface area (Å²) in [5.74, 6) is 1.12. The van der Waals surface area contributed by atoms with E-state index >= 15 is 0 Å². The molecule has 0 amide bonds. The fraction of sp³-hybridized carbons (Fsp3) is 0.333. The van der Waals surface area contributed by atoms with Crippen molar-refractivity contribution in [2.75, 3.05) is 20.8 Å². The Morgan fingerprint density at radius 1 is 1.32 bits per heavy atom. The number of rotatable bonds is 4. The zero-order valence-corrected chi connectivity index (χ0v) is 11.5. The summed E-state index contributed by atoms with van der Waals surface area (Å²) in [7, 11) is 3.09. The number of ether oxygens (including phenoxy) is 2. The van der Waals surface area contributed by atoms with Crippen LogP contribution < -0.4 is 15.0 Å². The Morgan fingerprint density at radius 2 is 1.95 bits per heavy atom. The van der Waals surface area contributed by atoms with E-state index in [4.69, 9.17) is 32.2 Å². The van der Waals surface area contributed by atoms with Gasteiger partial charge < -0.3 is 24.1 Å². The van der Waals surface area contributed by atoms with E-state index in [-0.39, 0.29) is 18.6 Å². The number of nitrogens with one attached hydrogen (secondary N) is 2. The molecule has 0 fully saturated rings. The van der Waals surface area contributed by atoms with Crippen molar-refractivity contribution in [1.82, 2.24) is 9.55 Å². The third-order valence-electron chi connectivity index (χ3n) is 2.86. The van der Waals surface area contributed by atoms with Crippen LogP contribution >= 0.6 is 12.2 Å². The monoisotopic (exact) mass is 281 g/mol. The summed E-state index contributed by atoms with van der Waals surface area (Å²) in [6.07, 6.45) is 0. The van der Waals surface area contributed by atoms with E-state index < -0.39 is 0 Å². The first-order valence-corrected chi connectivity index (χ1v) is 6.07. The molecule has 6 nitrogen and oxygen atoms in total. The van der Waals surface area contributed by atoms with Crippen molar-refractivity contribution < 1.29 is 14.6 Å². The van der Waals surface area contributed by atoms with Gasteiger partial charge in [-0.2, -0.15) is 0 Å². The average molecular weight is 281 g/mol. The van der Waals surface area contributed by atoms with Gasteiger partial charge in [0.1, 0.15) is 5.49 Å². The highest BCUT2D eigenvalue weighted by atomic mass is 32.1. The Labute approximate surface area is 114 Å². The molecule has 0 aliphatic rings. The second-order valence-electron chi connectivity index (χ2n) is 3.91. The van der Waals surface area contributed by atoms with Crippen LogP contribution in [0.5, 0.6) is 11.5 Å². The molecule has 3 N–H and O–H groups in total. The molecule has 0 atom stereocenters. The first-order chi connectivity index (χ1) is 9.12. The normalized spacial score (nSPS) is 10.7. The Balaban J connectivity index is 2.82. The van der Waals surface area contributed by atoms with Crippen LogP contribution in [0.3, 0.4) is 0 Å². The second-order valence-corrected chi connectivity index (χ2v) is 4.29. The SMILES string of the molecule is COc1cc2[nH]c(=S)n(CCO)c(=N)c2cc1OC. The highest BCUT2D eigenvalue weighted by molar-refractivity contribution is 7.71. The summed E-state index contributed by atoms with van der Waals surface area (Å²) >= 11 is 5.18. The number of fused-ring (bicyclic) bond motifs is 1. The summed E-state index contributed by atoms with van der Waals surface area (Å²) in [5, 5.41) is 17.8. The average Bonchev–Trinajstić information content (AvgIpc) is 2.42. The lowest BCUT2D eigenvalue weighted by Gasteiger charge is -2.12. The lowest BCUT2D eigenvalue weighted by atomic mass is 10.2. The van der Waals surface area contributed by atoms with Gasteiger partial charge in [-0.1, -0.05) is 0 Å². The standard InChI is InChI=1S/C12H15N3O3S/c1-17-9-5-7-8(6-10(9)18-2)14-12(19)15(3-4-16)11(7)13/h5-6,13,16H,3-4H2,1-2H3,(H,14,19). The molecule has 0 spiro atoms. The van der Waals surface area contributed by atoms with Gasteiger partial charge in [0.15, 0.2) is 16.3 Å². The number of aliphatic hydroxyl groups excluding tert-OH is 1. The summed E-state index contributed by atoms with van der Waals surface area (Å²) in [6, 6.07) is 3.46. The molecule has 7 heteroatoms. The van der Waals surface area contributed by atoms with Crippen molar-refractivity contribution in [1.29, 1.82) is 5.41 Å². The second kappa shape index (κ2) is 5.41. The molecule has 1 heterocycles. The third kappa shape index (κ3) is 2.34. The first-order valence-electron chi connectivity index (χ1n) is 5.66. The molecule has 0 bridgehead atoms. The fourth-order valence-electron chi connectivity index (χ4n) is 1.92. The van der Waals surface area contributed by atoms with E-state index in [0.717, 1.165) is 0 Å². The fourth-order valence-corrected chi connectivity index (χ4v) is 2.21. The maximum absolute atomic E-state index is 9.01. The molecular formula is C12H15N3O3S. The Kier molecular flexibility index (Phi) is 3.87. The zero-order valence-electron chi connectivity index (χ0n) is 10.7. The number of hydrogen-bond donors (Lipinski definition) is 3. The van der Waals surface area contributed by atoms with Gasteiger partial charge in [-0.05, 0) is 18.3 Å². The summed E-state index contributed by atoms with van der Waals surface area (Å²) in [6.45, 7) is 0.200. The van der Waals surface area contributed by atoms with Crippen molar-refractivity contribution in [3.63, 3.8) is 0 Å². The van der Waals surface area contributed by atoms with Crippen molar-refractivity contribution in [3.8, 4) is 11.5 Å². The van der Waals surface area contributed by atoms with Gasteiger partial charge >= 0.3 is 0 Å². The molecule has 1 aromatic heterocycles. The molecule has 0 aliphatic carbocycles.